The molecular weight excluding hydrogens is 129 g/mol. The van der Waals surface area contributed by atoms with Gasteiger partial charge >= 0.3 is 0 Å². The predicted molar refractivity (Wildman–Crippen MR) is 36.7 cm³/mol. The van der Waals surface area contributed by atoms with Crippen LogP contribution >= 0.6 is 0 Å². The Morgan fingerprint density at radius 2 is 2.40 bits per heavy atom. The molecule has 0 amide bonds. The van der Waals surface area contributed by atoms with Gasteiger partial charge < -0.3 is 10.1 Å². The van der Waals surface area contributed by atoms with Gasteiger partial charge in [-0.15, -0.1) is 0 Å². The zero-order chi connectivity index (χ0) is 7.56. The Labute approximate surface area is 60.6 Å². The van der Waals surface area contributed by atoms with Crippen LogP contribution in [0, 0.1) is 5.92 Å². The quantitative estimate of drug-likeness (QED) is 0.367. The van der Waals surface area contributed by atoms with Gasteiger partial charge in [0, 0.05) is 19.5 Å². The topological polar surface area (TPSA) is 46.2 Å². The third-order valence-electron chi connectivity index (χ3n) is 1.63. The molecule has 0 aromatic carbocycles. The molecule has 3 nitrogen and oxygen atoms in total. The van der Waals surface area contributed by atoms with E-state index in [4.69, 9.17) is 7.85 Å². The summed E-state index contributed by atoms with van der Waals surface area (Å²) < 4.78 is 0. The maximum atomic E-state index is 10.9. The molecular formula is C6H8BNO2. The number of hydrogen-bond acceptors (Lipinski definition) is 3. The molecule has 1 N–H and O–H groups in total. The van der Waals surface area contributed by atoms with E-state index in [0.29, 0.717) is 19.5 Å². The summed E-state index contributed by atoms with van der Waals surface area (Å²) in [6.07, 6.45) is 0.424. The summed E-state index contributed by atoms with van der Waals surface area (Å²) >= 11 is 0. The lowest BCUT2D eigenvalue weighted by molar-refractivity contribution is -0.129. The van der Waals surface area contributed by atoms with Gasteiger partial charge in [0.15, 0.2) is 7.85 Å². The lowest BCUT2D eigenvalue weighted by atomic mass is 9.83. The Kier molecular flexibility index (Phi) is 2.22. The molecule has 0 saturated carbocycles. The van der Waals surface area contributed by atoms with E-state index < -0.39 is 11.6 Å². The molecule has 1 heterocycles. The summed E-state index contributed by atoms with van der Waals surface area (Å²) in [7, 11) is 4.96. The molecule has 0 aromatic heterocycles. The zero-order valence-electron chi connectivity index (χ0n) is 5.59. The van der Waals surface area contributed by atoms with E-state index in [-0.39, 0.29) is 5.78 Å². The van der Waals surface area contributed by atoms with Crippen molar-refractivity contribution < 1.29 is 9.59 Å². The van der Waals surface area contributed by atoms with Gasteiger partial charge in [0.25, 0.3) is 0 Å². The summed E-state index contributed by atoms with van der Waals surface area (Å²) in [6, 6.07) is 0. The SMILES string of the molecule is [B]C(=O)C1CNCCC1=O. The smallest absolute Gasteiger partial charge is 0.168 e. The molecule has 1 aliphatic rings. The third kappa shape index (κ3) is 1.45. The number of Topliss-reactive ketones (excluding diaryl/α,β-unsaturated/α-hetero) is 1. The molecule has 10 heavy (non-hydrogen) atoms. The number of nitrogens with one attached hydrogen (secondary N) is 1. The van der Waals surface area contributed by atoms with Gasteiger partial charge in [-0.2, -0.15) is 0 Å². The molecule has 2 radical (unpaired) electrons. The van der Waals surface area contributed by atoms with Gasteiger partial charge in [-0.3, -0.25) is 4.79 Å². The van der Waals surface area contributed by atoms with Crippen LogP contribution in [-0.4, -0.2) is 32.4 Å². The molecule has 0 bridgehead atoms. The lowest BCUT2D eigenvalue weighted by Gasteiger charge is -2.18. The minimum atomic E-state index is -0.589. The fourth-order valence-corrected chi connectivity index (χ4v) is 1.01. The highest BCUT2D eigenvalue weighted by Crippen LogP contribution is 2.04. The molecule has 1 rings (SSSR count). The molecule has 0 spiro atoms. The molecule has 0 aromatic rings. The molecule has 1 aliphatic heterocycles. The van der Waals surface area contributed by atoms with Gasteiger partial charge in [-0.1, -0.05) is 0 Å². The van der Waals surface area contributed by atoms with Crippen LogP contribution in [0.15, 0.2) is 0 Å². The Hall–Kier alpha value is -0.635. The van der Waals surface area contributed by atoms with Crippen molar-refractivity contribution in [2.75, 3.05) is 13.1 Å². The van der Waals surface area contributed by atoms with Crippen molar-refractivity contribution in [3.05, 3.63) is 0 Å². The highest BCUT2D eigenvalue weighted by atomic mass is 16.1. The van der Waals surface area contributed by atoms with E-state index in [0.717, 1.165) is 0 Å². The van der Waals surface area contributed by atoms with Crippen LogP contribution in [0.4, 0.5) is 0 Å². The lowest BCUT2D eigenvalue weighted by Crippen LogP contribution is -2.41. The number of carbonyl (C=O) groups is 2. The number of piperidine rings is 1. The zero-order valence-corrected chi connectivity index (χ0v) is 5.59. The number of hydrogen-bond donors (Lipinski definition) is 1. The highest BCUT2D eigenvalue weighted by Gasteiger charge is 2.24. The Morgan fingerprint density at radius 1 is 1.70 bits per heavy atom. The average Bonchev–Trinajstić information content (AvgIpc) is 1.88. The fraction of sp³-hybridized carbons (Fsp3) is 0.667. The van der Waals surface area contributed by atoms with Crippen LogP contribution < -0.4 is 5.32 Å². The summed E-state index contributed by atoms with van der Waals surface area (Å²) in [5, 5.41) is 2.92. The second-order valence-corrected chi connectivity index (χ2v) is 2.38. The van der Waals surface area contributed by atoms with Crippen molar-refractivity contribution in [3.63, 3.8) is 0 Å². The van der Waals surface area contributed by atoms with Crippen LogP contribution in [0.25, 0.3) is 0 Å². The normalized spacial score (nSPS) is 26.4. The fourth-order valence-electron chi connectivity index (χ4n) is 1.01. The van der Waals surface area contributed by atoms with Crippen LogP contribution in [0.3, 0.4) is 0 Å². The first-order valence-electron chi connectivity index (χ1n) is 3.24. The first kappa shape index (κ1) is 7.47. The molecule has 52 valence electrons. The van der Waals surface area contributed by atoms with E-state index in [1.807, 2.05) is 0 Å². The van der Waals surface area contributed by atoms with E-state index >= 15 is 0 Å². The number of rotatable bonds is 1. The van der Waals surface area contributed by atoms with Crippen LogP contribution in [0.5, 0.6) is 0 Å². The van der Waals surface area contributed by atoms with E-state index in [2.05, 4.69) is 5.32 Å². The minimum Gasteiger partial charge on any atom is -0.315 e. The molecule has 1 atom stereocenters. The Balaban J connectivity index is 2.56. The summed E-state index contributed by atoms with van der Waals surface area (Å²) in [6.45, 7) is 1.08. The van der Waals surface area contributed by atoms with Gasteiger partial charge in [-0.25, -0.2) is 0 Å². The van der Waals surface area contributed by atoms with Crippen LogP contribution in [0.1, 0.15) is 6.42 Å². The highest BCUT2D eigenvalue weighted by molar-refractivity contribution is 6.60. The van der Waals surface area contributed by atoms with Crippen molar-refractivity contribution in [1.82, 2.24) is 5.32 Å². The maximum absolute atomic E-state index is 10.9. The first-order chi connectivity index (χ1) is 4.72. The molecule has 1 unspecified atom stereocenters. The minimum absolute atomic E-state index is 0.0359. The van der Waals surface area contributed by atoms with Crippen LogP contribution in [0.2, 0.25) is 0 Å². The Bertz CT molecular complexity index is 169. The Morgan fingerprint density at radius 3 is 2.80 bits per heavy atom. The monoisotopic (exact) mass is 137 g/mol. The molecule has 1 saturated heterocycles. The molecule has 1 fully saturated rings. The van der Waals surface area contributed by atoms with Crippen molar-refractivity contribution in [3.8, 4) is 0 Å². The average molecular weight is 137 g/mol. The predicted octanol–water partition coefficient (Wildman–Crippen LogP) is -1.14. The molecule has 4 heteroatoms. The first-order valence-corrected chi connectivity index (χ1v) is 3.24. The van der Waals surface area contributed by atoms with E-state index in [1.165, 1.54) is 0 Å². The maximum Gasteiger partial charge on any atom is 0.168 e. The van der Waals surface area contributed by atoms with Crippen LogP contribution in [-0.2, 0) is 9.59 Å². The summed E-state index contributed by atoms with van der Waals surface area (Å²) in [5.74, 6) is -0.625. The van der Waals surface area contributed by atoms with Crippen molar-refractivity contribution in [2.45, 2.75) is 6.42 Å². The van der Waals surface area contributed by atoms with E-state index in [1.54, 1.807) is 0 Å². The second-order valence-electron chi connectivity index (χ2n) is 2.38. The van der Waals surface area contributed by atoms with Gasteiger partial charge in [0.05, 0.1) is 11.6 Å². The van der Waals surface area contributed by atoms with Gasteiger partial charge in [-0.05, 0) is 0 Å². The van der Waals surface area contributed by atoms with Crippen molar-refractivity contribution in [1.29, 1.82) is 0 Å². The summed E-state index contributed by atoms with van der Waals surface area (Å²) in [5.41, 5.74) is -0.516. The summed E-state index contributed by atoms with van der Waals surface area (Å²) in [4.78, 5) is 21.4. The standard InChI is InChI=1S/C6H8BNO2/c7-6(10)4-3-8-2-1-5(4)9/h4,8H,1-3H2. The second kappa shape index (κ2) is 2.97. The van der Waals surface area contributed by atoms with Crippen molar-refractivity contribution >= 4 is 19.3 Å². The van der Waals surface area contributed by atoms with E-state index in [9.17, 15) is 9.59 Å². The largest absolute Gasteiger partial charge is 0.315 e. The van der Waals surface area contributed by atoms with Crippen molar-refractivity contribution in [2.24, 2.45) is 5.92 Å². The van der Waals surface area contributed by atoms with Gasteiger partial charge in [0.2, 0.25) is 0 Å². The number of ketones is 1. The molecule has 0 aliphatic carbocycles. The third-order valence-corrected chi connectivity index (χ3v) is 1.63. The number of carbonyl (C=O) groups excluding carboxylic acids is 2. The van der Waals surface area contributed by atoms with Gasteiger partial charge in [0.1, 0.15) is 5.78 Å².